The zero-order valence-electron chi connectivity index (χ0n) is 16.1. The van der Waals surface area contributed by atoms with E-state index in [4.69, 9.17) is 0 Å². The van der Waals surface area contributed by atoms with Crippen LogP contribution in [-0.4, -0.2) is 51.1 Å². The van der Waals surface area contributed by atoms with Crippen LogP contribution in [0, 0.1) is 0 Å². The van der Waals surface area contributed by atoms with E-state index in [1.807, 2.05) is 29.3 Å². The first-order valence-electron chi connectivity index (χ1n) is 9.82. The van der Waals surface area contributed by atoms with Gasteiger partial charge in [0.2, 0.25) is 0 Å². The van der Waals surface area contributed by atoms with Crippen molar-refractivity contribution in [3.63, 3.8) is 0 Å². The SMILES string of the molecule is O=C(NCCn1cccn1)c1cccc(-c2cc(C(=O)N3CCCC3)ccn2)c1. The van der Waals surface area contributed by atoms with Crippen molar-refractivity contribution in [3.8, 4) is 11.3 Å². The van der Waals surface area contributed by atoms with Gasteiger partial charge in [-0.2, -0.15) is 5.10 Å². The smallest absolute Gasteiger partial charge is 0.253 e. The molecule has 7 nitrogen and oxygen atoms in total. The second-order valence-corrected chi connectivity index (χ2v) is 7.03. The Bertz CT molecular complexity index is 994. The number of amides is 2. The largest absolute Gasteiger partial charge is 0.350 e. The van der Waals surface area contributed by atoms with Crippen LogP contribution in [0.15, 0.2) is 61.1 Å². The van der Waals surface area contributed by atoms with E-state index in [1.165, 1.54) is 0 Å². The number of nitrogens with zero attached hydrogens (tertiary/aromatic N) is 4. The zero-order valence-corrected chi connectivity index (χ0v) is 16.1. The minimum atomic E-state index is -0.150. The van der Waals surface area contributed by atoms with Crippen molar-refractivity contribution < 1.29 is 9.59 Å². The lowest BCUT2D eigenvalue weighted by Gasteiger charge is -2.15. The molecule has 1 aromatic carbocycles. The lowest BCUT2D eigenvalue weighted by molar-refractivity contribution is 0.0792. The molecule has 148 valence electrons. The highest BCUT2D eigenvalue weighted by atomic mass is 16.2. The molecule has 0 spiro atoms. The van der Waals surface area contributed by atoms with E-state index in [9.17, 15) is 9.59 Å². The summed E-state index contributed by atoms with van der Waals surface area (Å²) in [6.07, 6.45) is 7.33. The molecule has 3 heterocycles. The predicted octanol–water partition coefficient (Wildman–Crippen LogP) is 2.61. The number of hydrogen-bond acceptors (Lipinski definition) is 4. The Labute approximate surface area is 169 Å². The number of rotatable bonds is 6. The number of pyridine rings is 1. The molecule has 1 N–H and O–H groups in total. The second kappa shape index (κ2) is 8.68. The van der Waals surface area contributed by atoms with Crippen molar-refractivity contribution in [3.05, 3.63) is 72.2 Å². The number of nitrogens with one attached hydrogen (secondary N) is 1. The first-order valence-corrected chi connectivity index (χ1v) is 9.82. The van der Waals surface area contributed by atoms with E-state index in [1.54, 1.807) is 41.3 Å². The molecule has 7 heteroatoms. The number of aromatic nitrogens is 3. The highest BCUT2D eigenvalue weighted by molar-refractivity contribution is 5.96. The third kappa shape index (κ3) is 4.51. The van der Waals surface area contributed by atoms with E-state index in [0.29, 0.717) is 29.9 Å². The van der Waals surface area contributed by atoms with Crippen LogP contribution in [0.5, 0.6) is 0 Å². The van der Waals surface area contributed by atoms with Gasteiger partial charge >= 0.3 is 0 Å². The summed E-state index contributed by atoms with van der Waals surface area (Å²) in [5.74, 6) is -0.109. The van der Waals surface area contributed by atoms with Gasteiger partial charge in [0.25, 0.3) is 11.8 Å². The summed E-state index contributed by atoms with van der Waals surface area (Å²) in [6.45, 7) is 2.72. The summed E-state index contributed by atoms with van der Waals surface area (Å²) in [4.78, 5) is 31.4. The van der Waals surface area contributed by atoms with E-state index >= 15 is 0 Å². The lowest BCUT2D eigenvalue weighted by Crippen LogP contribution is -2.27. The van der Waals surface area contributed by atoms with Gasteiger partial charge in [0, 0.05) is 54.9 Å². The topological polar surface area (TPSA) is 80.1 Å². The van der Waals surface area contributed by atoms with Crippen LogP contribution in [0.1, 0.15) is 33.6 Å². The normalized spacial score (nSPS) is 13.4. The summed E-state index contributed by atoms with van der Waals surface area (Å²) in [7, 11) is 0. The fraction of sp³-hybridized carbons (Fsp3) is 0.273. The fourth-order valence-corrected chi connectivity index (χ4v) is 3.46. The van der Waals surface area contributed by atoms with Crippen LogP contribution in [-0.2, 0) is 6.54 Å². The molecule has 2 amide bonds. The Kier molecular flexibility index (Phi) is 5.65. The number of carbonyl (C=O) groups is 2. The van der Waals surface area contributed by atoms with Crippen LogP contribution >= 0.6 is 0 Å². The first kappa shape index (κ1) is 18.9. The highest BCUT2D eigenvalue weighted by Crippen LogP contribution is 2.21. The van der Waals surface area contributed by atoms with Crippen LogP contribution in [0.25, 0.3) is 11.3 Å². The zero-order chi connectivity index (χ0) is 20.1. The maximum Gasteiger partial charge on any atom is 0.253 e. The van der Waals surface area contributed by atoms with E-state index in [-0.39, 0.29) is 11.8 Å². The van der Waals surface area contributed by atoms with Gasteiger partial charge in [-0.25, -0.2) is 0 Å². The molecule has 1 saturated heterocycles. The summed E-state index contributed by atoms with van der Waals surface area (Å²) in [5, 5.41) is 7.02. The Hall–Kier alpha value is -3.48. The van der Waals surface area contributed by atoms with Crippen LogP contribution in [0.2, 0.25) is 0 Å². The molecule has 1 aliphatic heterocycles. The summed E-state index contributed by atoms with van der Waals surface area (Å²) < 4.78 is 1.77. The number of hydrogen-bond donors (Lipinski definition) is 1. The third-order valence-electron chi connectivity index (χ3n) is 5.01. The van der Waals surface area contributed by atoms with Gasteiger partial charge in [-0.3, -0.25) is 19.3 Å². The molecule has 29 heavy (non-hydrogen) atoms. The van der Waals surface area contributed by atoms with E-state index in [2.05, 4.69) is 15.4 Å². The predicted molar refractivity (Wildman–Crippen MR) is 109 cm³/mol. The molecule has 0 radical (unpaired) electrons. The van der Waals surface area contributed by atoms with Crippen LogP contribution < -0.4 is 5.32 Å². The molecule has 0 aliphatic carbocycles. The van der Waals surface area contributed by atoms with Crippen molar-refractivity contribution in [1.82, 2.24) is 25.0 Å². The molecular formula is C22H23N5O2. The minimum absolute atomic E-state index is 0.0404. The van der Waals surface area contributed by atoms with Gasteiger partial charge in [0.15, 0.2) is 0 Å². The quantitative estimate of drug-likeness (QED) is 0.703. The Morgan fingerprint density at radius 2 is 1.86 bits per heavy atom. The molecule has 0 unspecified atom stereocenters. The van der Waals surface area contributed by atoms with Crippen LogP contribution in [0.4, 0.5) is 0 Å². The summed E-state index contributed by atoms with van der Waals surface area (Å²) >= 11 is 0. The Morgan fingerprint density at radius 3 is 2.66 bits per heavy atom. The van der Waals surface area contributed by atoms with Crippen molar-refractivity contribution in [2.24, 2.45) is 0 Å². The van der Waals surface area contributed by atoms with Gasteiger partial charge in [0.1, 0.15) is 0 Å². The van der Waals surface area contributed by atoms with Gasteiger partial charge in [0.05, 0.1) is 12.2 Å². The maximum absolute atomic E-state index is 12.6. The molecule has 1 aliphatic rings. The second-order valence-electron chi connectivity index (χ2n) is 7.03. The minimum Gasteiger partial charge on any atom is -0.350 e. The number of likely N-dealkylation sites (tertiary alicyclic amines) is 1. The molecule has 0 saturated carbocycles. The Morgan fingerprint density at radius 1 is 1.00 bits per heavy atom. The summed E-state index contributed by atoms with van der Waals surface area (Å²) in [5.41, 5.74) is 2.68. The molecular weight excluding hydrogens is 366 g/mol. The van der Waals surface area contributed by atoms with Crippen molar-refractivity contribution in [1.29, 1.82) is 0 Å². The highest BCUT2D eigenvalue weighted by Gasteiger charge is 2.20. The van der Waals surface area contributed by atoms with Gasteiger partial charge in [-0.1, -0.05) is 12.1 Å². The van der Waals surface area contributed by atoms with Crippen LogP contribution in [0.3, 0.4) is 0 Å². The lowest BCUT2D eigenvalue weighted by atomic mass is 10.1. The monoisotopic (exact) mass is 389 g/mol. The van der Waals surface area contributed by atoms with Crippen molar-refractivity contribution >= 4 is 11.8 Å². The van der Waals surface area contributed by atoms with Crippen molar-refractivity contribution in [2.45, 2.75) is 19.4 Å². The molecule has 4 rings (SSSR count). The van der Waals surface area contributed by atoms with E-state index < -0.39 is 0 Å². The molecule has 3 aromatic rings. The first-order chi connectivity index (χ1) is 14.2. The molecule has 0 bridgehead atoms. The molecule has 2 aromatic heterocycles. The standard InChI is InChI=1S/C22H23N5O2/c28-21(24-10-14-27-13-4-8-25-27)18-6-3-5-17(15-18)20-16-19(7-9-23-20)22(29)26-11-1-2-12-26/h3-9,13,15-16H,1-2,10-12,14H2,(H,24,28). The Balaban J connectivity index is 1.46. The van der Waals surface area contributed by atoms with Gasteiger partial charge in [-0.05, 0) is 43.2 Å². The third-order valence-corrected chi connectivity index (χ3v) is 5.01. The fourth-order valence-electron chi connectivity index (χ4n) is 3.46. The van der Waals surface area contributed by atoms with Gasteiger partial charge < -0.3 is 10.2 Å². The summed E-state index contributed by atoms with van der Waals surface area (Å²) in [6, 6.07) is 12.7. The number of carbonyl (C=O) groups excluding carboxylic acids is 2. The average molecular weight is 389 g/mol. The number of benzene rings is 1. The molecule has 0 atom stereocenters. The van der Waals surface area contributed by atoms with Crippen molar-refractivity contribution in [2.75, 3.05) is 19.6 Å². The van der Waals surface area contributed by atoms with E-state index in [0.717, 1.165) is 31.5 Å². The molecule has 1 fully saturated rings. The maximum atomic E-state index is 12.6. The average Bonchev–Trinajstić information content (AvgIpc) is 3.48. The van der Waals surface area contributed by atoms with Gasteiger partial charge in [-0.15, -0.1) is 0 Å².